The van der Waals surface area contributed by atoms with E-state index in [4.69, 9.17) is 26.8 Å². The van der Waals surface area contributed by atoms with Crippen molar-refractivity contribution >= 4 is 41.1 Å². The highest BCUT2D eigenvalue weighted by Crippen LogP contribution is 2.43. The van der Waals surface area contributed by atoms with Crippen LogP contribution in [0, 0.1) is 6.92 Å². The predicted molar refractivity (Wildman–Crippen MR) is 157 cm³/mol. The molecule has 3 amide bonds. The van der Waals surface area contributed by atoms with Gasteiger partial charge in [0.1, 0.15) is 5.60 Å². The highest BCUT2D eigenvalue weighted by molar-refractivity contribution is 6.33. The minimum atomic E-state index is -1.01. The third-order valence-corrected chi connectivity index (χ3v) is 8.93. The molecule has 0 saturated carbocycles. The number of nitrogen functional groups attached to an aromatic ring is 1. The SMILES string of the molecule is Cc1cc(C[C@@H](OC(=O)N2CCC3(CC2)OC(=O)Nc2ccccc23)C(=O)N2CCC(N(C)C)CC2)cc(Cl)c1N. The number of carbonyl (C=O) groups is 3. The molecule has 2 aromatic carbocycles. The van der Waals surface area contributed by atoms with E-state index in [-0.39, 0.29) is 12.3 Å². The van der Waals surface area contributed by atoms with Crippen LogP contribution >= 0.6 is 11.6 Å². The first-order valence-electron chi connectivity index (χ1n) is 14.1. The van der Waals surface area contributed by atoms with Crippen LogP contribution < -0.4 is 11.1 Å². The van der Waals surface area contributed by atoms with Crippen LogP contribution in [0.5, 0.6) is 0 Å². The number of fused-ring (bicyclic) bond motifs is 2. The number of rotatable bonds is 5. The summed E-state index contributed by atoms with van der Waals surface area (Å²) in [5.41, 5.74) is 8.91. The van der Waals surface area contributed by atoms with Crippen molar-refractivity contribution in [2.24, 2.45) is 0 Å². The average Bonchev–Trinajstić information content (AvgIpc) is 2.95. The summed E-state index contributed by atoms with van der Waals surface area (Å²) in [6.45, 7) is 3.70. The topological polar surface area (TPSA) is 117 Å². The van der Waals surface area contributed by atoms with E-state index >= 15 is 0 Å². The number of benzene rings is 2. The van der Waals surface area contributed by atoms with Gasteiger partial charge in [-0.3, -0.25) is 10.1 Å². The molecule has 2 fully saturated rings. The number of nitrogens with one attached hydrogen (secondary N) is 1. The van der Waals surface area contributed by atoms with Crippen molar-refractivity contribution in [3.05, 3.63) is 58.1 Å². The first kappa shape index (κ1) is 29.0. The molecule has 41 heavy (non-hydrogen) atoms. The minimum absolute atomic E-state index is 0.188. The zero-order chi connectivity index (χ0) is 29.3. The number of hydrogen-bond acceptors (Lipinski definition) is 7. The average molecular weight is 584 g/mol. The standard InChI is InChI=1S/C30H38ClN5O5/c1-19-16-20(17-23(31)26(19)32)18-25(27(37)35-12-8-21(9-13-35)34(2)3)40-29(39)36-14-10-30(11-15-36)22-6-4-5-7-24(22)33-28(38)41-30/h4-7,16-17,21,25H,8-15,18,32H2,1-3H3,(H,33,38)/t25-/m1/s1. The monoisotopic (exact) mass is 583 g/mol. The number of carbonyl (C=O) groups excluding carboxylic acids is 3. The van der Waals surface area contributed by atoms with Gasteiger partial charge in [0, 0.05) is 57.0 Å². The normalized spacial score (nSPS) is 19.4. The zero-order valence-electron chi connectivity index (χ0n) is 23.8. The van der Waals surface area contributed by atoms with Crippen LogP contribution in [0.15, 0.2) is 36.4 Å². The number of nitrogens with two attached hydrogens (primary N) is 1. The van der Waals surface area contributed by atoms with Gasteiger partial charge in [-0.2, -0.15) is 0 Å². The van der Waals surface area contributed by atoms with E-state index in [0.717, 1.165) is 35.2 Å². The van der Waals surface area contributed by atoms with Crippen molar-refractivity contribution in [1.82, 2.24) is 14.7 Å². The van der Waals surface area contributed by atoms with E-state index in [9.17, 15) is 14.4 Å². The van der Waals surface area contributed by atoms with E-state index in [1.165, 1.54) is 0 Å². The van der Waals surface area contributed by atoms with Gasteiger partial charge in [0.15, 0.2) is 6.10 Å². The molecule has 11 heteroatoms. The summed E-state index contributed by atoms with van der Waals surface area (Å²) < 4.78 is 11.7. The molecule has 0 aromatic heterocycles. The van der Waals surface area contributed by atoms with Crippen LogP contribution in [-0.4, -0.2) is 85.2 Å². The van der Waals surface area contributed by atoms with Gasteiger partial charge in [-0.1, -0.05) is 35.9 Å². The van der Waals surface area contributed by atoms with Crippen molar-refractivity contribution in [2.45, 2.75) is 56.8 Å². The van der Waals surface area contributed by atoms with Crippen LogP contribution in [0.25, 0.3) is 0 Å². The summed E-state index contributed by atoms with van der Waals surface area (Å²) in [6.07, 6.45) is 0.685. The lowest BCUT2D eigenvalue weighted by molar-refractivity contribution is -0.142. The summed E-state index contributed by atoms with van der Waals surface area (Å²) in [7, 11) is 4.10. The van der Waals surface area contributed by atoms with Gasteiger partial charge in [0.25, 0.3) is 5.91 Å². The molecule has 1 spiro atoms. The van der Waals surface area contributed by atoms with Gasteiger partial charge >= 0.3 is 12.2 Å². The fraction of sp³-hybridized carbons (Fsp3) is 0.500. The number of likely N-dealkylation sites (tertiary alicyclic amines) is 2. The number of hydrogen-bond donors (Lipinski definition) is 2. The quantitative estimate of drug-likeness (QED) is 0.501. The Balaban J connectivity index is 1.30. The second-order valence-corrected chi connectivity index (χ2v) is 11.9. The minimum Gasteiger partial charge on any atom is -0.438 e. The van der Waals surface area contributed by atoms with Crippen molar-refractivity contribution in [3.63, 3.8) is 0 Å². The van der Waals surface area contributed by atoms with E-state index in [1.54, 1.807) is 15.9 Å². The smallest absolute Gasteiger partial charge is 0.412 e. The maximum atomic E-state index is 13.7. The van der Waals surface area contributed by atoms with Crippen molar-refractivity contribution < 1.29 is 23.9 Å². The number of halogens is 1. The van der Waals surface area contributed by atoms with Crippen LogP contribution in [0.2, 0.25) is 5.02 Å². The van der Waals surface area contributed by atoms with Crippen LogP contribution in [0.1, 0.15) is 42.4 Å². The molecule has 0 radical (unpaired) electrons. The summed E-state index contributed by atoms with van der Waals surface area (Å²) in [4.78, 5) is 45.0. The van der Waals surface area contributed by atoms with Crippen LogP contribution in [0.3, 0.4) is 0 Å². The maximum absolute atomic E-state index is 13.7. The van der Waals surface area contributed by atoms with Gasteiger partial charge in [-0.25, -0.2) is 9.59 Å². The zero-order valence-corrected chi connectivity index (χ0v) is 24.6. The number of para-hydroxylation sites is 1. The van der Waals surface area contributed by atoms with Gasteiger partial charge in [-0.15, -0.1) is 0 Å². The Morgan fingerprint density at radius 2 is 1.83 bits per heavy atom. The maximum Gasteiger partial charge on any atom is 0.412 e. The Labute approximate surface area is 245 Å². The highest BCUT2D eigenvalue weighted by Gasteiger charge is 2.45. The molecule has 1 atom stereocenters. The summed E-state index contributed by atoms with van der Waals surface area (Å²) in [5.74, 6) is -0.212. The summed E-state index contributed by atoms with van der Waals surface area (Å²) >= 11 is 6.34. The number of amides is 3. The van der Waals surface area contributed by atoms with Crippen LogP contribution in [-0.2, 0) is 26.3 Å². The molecule has 2 aromatic rings. The Morgan fingerprint density at radius 1 is 1.15 bits per heavy atom. The molecule has 3 heterocycles. The first-order valence-corrected chi connectivity index (χ1v) is 14.5. The Kier molecular flexibility index (Phi) is 8.33. The fourth-order valence-corrected chi connectivity index (χ4v) is 6.41. The van der Waals surface area contributed by atoms with Crippen molar-refractivity contribution in [3.8, 4) is 0 Å². The van der Waals surface area contributed by atoms with E-state index in [0.29, 0.717) is 55.8 Å². The highest BCUT2D eigenvalue weighted by atomic mass is 35.5. The Bertz CT molecular complexity index is 1300. The molecule has 3 N–H and O–H groups in total. The lowest BCUT2D eigenvalue weighted by Crippen LogP contribution is -2.52. The van der Waals surface area contributed by atoms with Gasteiger partial charge in [0.05, 0.1) is 16.4 Å². The van der Waals surface area contributed by atoms with E-state index in [1.807, 2.05) is 51.4 Å². The van der Waals surface area contributed by atoms with Gasteiger partial charge < -0.3 is 29.9 Å². The van der Waals surface area contributed by atoms with E-state index in [2.05, 4.69) is 10.2 Å². The second-order valence-electron chi connectivity index (χ2n) is 11.4. The number of aryl methyl sites for hydroxylation is 1. The number of ether oxygens (including phenoxy) is 2. The molecule has 2 saturated heterocycles. The number of piperidine rings is 2. The summed E-state index contributed by atoms with van der Waals surface area (Å²) in [5, 5.41) is 3.16. The van der Waals surface area contributed by atoms with Crippen molar-refractivity contribution in [2.75, 3.05) is 51.3 Å². The molecular formula is C30H38ClN5O5. The molecule has 0 aliphatic carbocycles. The number of nitrogens with zero attached hydrogens (tertiary/aromatic N) is 3. The van der Waals surface area contributed by atoms with Crippen LogP contribution in [0.4, 0.5) is 21.0 Å². The largest absolute Gasteiger partial charge is 0.438 e. The molecule has 10 nitrogen and oxygen atoms in total. The molecule has 220 valence electrons. The lowest BCUT2D eigenvalue weighted by Gasteiger charge is -2.44. The van der Waals surface area contributed by atoms with E-state index < -0.39 is 23.9 Å². The Morgan fingerprint density at radius 3 is 2.49 bits per heavy atom. The second kappa shape index (κ2) is 11.8. The summed E-state index contributed by atoms with van der Waals surface area (Å²) in [6, 6.07) is 11.6. The lowest BCUT2D eigenvalue weighted by atomic mass is 9.82. The third kappa shape index (κ3) is 6.08. The molecule has 0 bridgehead atoms. The molecule has 5 rings (SSSR count). The molecular weight excluding hydrogens is 546 g/mol. The molecule has 3 aliphatic rings. The first-order chi connectivity index (χ1) is 19.6. The molecule has 3 aliphatic heterocycles. The van der Waals surface area contributed by atoms with Gasteiger partial charge in [0.2, 0.25) is 0 Å². The number of anilines is 2. The van der Waals surface area contributed by atoms with Crippen molar-refractivity contribution in [1.29, 1.82) is 0 Å². The molecule has 0 unspecified atom stereocenters. The Hall–Kier alpha value is -3.50. The van der Waals surface area contributed by atoms with Gasteiger partial charge in [-0.05, 0) is 57.1 Å². The predicted octanol–water partition coefficient (Wildman–Crippen LogP) is 4.38. The third-order valence-electron chi connectivity index (χ3n) is 8.61. The fourth-order valence-electron chi connectivity index (χ4n) is 6.12.